The molecule has 1 atom stereocenters. The number of carbonyl (C=O) groups excluding carboxylic acids is 1. The van der Waals surface area contributed by atoms with Crippen LogP contribution in [-0.4, -0.2) is 71.7 Å². The summed E-state index contributed by atoms with van der Waals surface area (Å²) < 4.78 is 10.8. The van der Waals surface area contributed by atoms with Crippen LogP contribution in [0.2, 0.25) is 0 Å². The fourth-order valence-corrected chi connectivity index (χ4v) is 2.99. The third-order valence-electron chi connectivity index (χ3n) is 4.75. The molecule has 0 radical (unpaired) electrons. The van der Waals surface area contributed by atoms with Crippen molar-refractivity contribution in [2.24, 2.45) is 5.92 Å². The van der Waals surface area contributed by atoms with E-state index < -0.39 is 0 Å². The molecule has 0 aromatic carbocycles. The van der Waals surface area contributed by atoms with E-state index in [0.29, 0.717) is 31.4 Å². The van der Waals surface area contributed by atoms with E-state index in [1.54, 1.807) is 0 Å². The molecule has 2 fully saturated rings. The Balaban J connectivity index is 0.00000182. The van der Waals surface area contributed by atoms with E-state index in [1.807, 2.05) is 18.7 Å². The molecule has 3 rings (SSSR count). The van der Waals surface area contributed by atoms with Gasteiger partial charge in [-0.15, -0.1) is 24.8 Å². The third-order valence-corrected chi connectivity index (χ3v) is 4.75. The standard InChI is InChI=1S/C17H29N5O3.2ClH/c1-3-24-13(2)17-19-15(25-20-17)12-21-6-8-22(9-7-21)16(23)11-18-10-14-4-5-14;;/h13-14,18H,3-12H2,1-2H3;2*1H. The Kier molecular flexibility index (Phi) is 10.5. The molecule has 1 saturated carbocycles. The number of nitrogens with one attached hydrogen (secondary N) is 1. The monoisotopic (exact) mass is 423 g/mol. The number of carbonyl (C=O) groups is 1. The molecule has 2 aliphatic rings. The SMILES string of the molecule is CCOC(C)c1noc(CN2CCN(C(=O)CNCC3CC3)CC2)n1.Cl.Cl. The average molecular weight is 424 g/mol. The molecule has 1 amide bonds. The molecule has 1 aliphatic heterocycles. The number of nitrogens with zero attached hydrogens (tertiary/aromatic N) is 4. The van der Waals surface area contributed by atoms with E-state index in [9.17, 15) is 4.79 Å². The van der Waals surface area contributed by atoms with Crippen LogP contribution >= 0.6 is 24.8 Å². The van der Waals surface area contributed by atoms with E-state index >= 15 is 0 Å². The molecule has 2 heterocycles. The number of halogens is 2. The first-order valence-electron chi connectivity index (χ1n) is 9.30. The van der Waals surface area contributed by atoms with Gasteiger partial charge in [0.2, 0.25) is 11.8 Å². The highest BCUT2D eigenvalue weighted by molar-refractivity contribution is 5.85. The minimum Gasteiger partial charge on any atom is -0.371 e. The number of hydrogen-bond acceptors (Lipinski definition) is 7. The normalized spacial score (nSPS) is 18.5. The zero-order chi connectivity index (χ0) is 17.6. The lowest BCUT2D eigenvalue weighted by molar-refractivity contribution is -0.132. The minimum absolute atomic E-state index is 0. The molecule has 8 nitrogen and oxygen atoms in total. The molecule has 27 heavy (non-hydrogen) atoms. The number of aromatic nitrogens is 2. The van der Waals surface area contributed by atoms with E-state index in [-0.39, 0.29) is 36.8 Å². The number of piperazine rings is 1. The van der Waals surface area contributed by atoms with Gasteiger partial charge in [0.25, 0.3) is 0 Å². The lowest BCUT2D eigenvalue weighted by atomic mass is 10.3. The molecule has 1 aromatic heterocycles. The minimum atomic E-state index is -0.153. The van der Waals surface area contributed by atoms with Gasteiger partial charge in [-0.3, -0.25) is 9.69 Å². The summed E-state index contributed by atoms with van der Waals surface area (Å²) in [4.78, 5) is 20.8. The molecular formula is C17H31Cl2N5O3. The second kappa shape index (κ2) is 11.8. The van der Waals surface area contributed by atoms with Gasteiger partial charge in [-0.25, -0.2) is 0 Å². The quantitative estimate of drug-likeness (QED) is 0.646. The zero-order valence-electron chi connectivity index (χ0n) is 16.1. The summed E-state index contributed by atoms with van der Waals surface area (Å²) in [6.07, 6.45) is 2.46. The fourth-order valence-electron chi connectivity index (χ4n) is 2.99. The topological polar surface area (TPSA) is 83.7 Å². The van der Waals surface area contributed by atoms with Gasteiger partial charge in [0.05, 0.1) is 13.1 Å². The fraction of sp³-hybridized carbons (Fsp3) is 0.824. The van der Waals surface area contributed by atoms with Gasteiger partial charge < -0.3 is 19.5 Å². The third kappa shape index (κ3) is 7.54. The van der Waals surface area contributed by atoms with Crippen molar-refractivity contribution < 1.29 is 14.1 Å². The molecule has 156 valence electrons. The van der Waals surface area contributed by atoms with Crippen molar-refractivity contribution in [2.75, 3.05) is 45.9 Å². The van der Waals surface area contributed by atoms with Gasteiger partial charge in [-0.05, 0) is 39.2 Å². The van der Waals surface area contributed by atoms with Crippen LogP contribution in [0, 0.1) is 5.92 Å². The predicted octanol–water partition coefficient (Wildman–Crippen LogP) is 1.65. The van der Waals surface area contributed by atoms with E-state index in [4.69, 9.17) is 9.26 Å². The number of hydrogen-bond donors (Lipinski definition) is 1. The molecule has 1 unspecified atom stereocenters. The Hall–Kier alpha value is -0.930. The maximum atomic E-state index is 12.2. The maximum absolute atomic E-state index is 12.2. The smallest absolute Gasteiger partial charge is 0.240 e. The molecule has 1 saturated heterocycles. The molecule has 1 N–H and O–H groups in total. The second-order valence-electron chi connectivity index (χ2n) is 6.88. The molecule has 1 aromatic rings. The van der Waals surface area contributed by atoms with Crippen molar-refractivity contribution >= 4 is 30.7 Å². The van der Waals surface area contributed by atoms with Crippen molar-refractivity contribution in [1.29, 1.82) is 0 Å². The highest BCUT2D eigenvalue weighted by atomic mass is 35.5. The van der Waals surface area contributed by atoms with Crippen LogP contribution < -0.4 is 5.32 Å². The summed E-state index contributed by atoms with van der Waals surface area (Å²) in [6.45, 7) is 9.69. The maximum Gasteiger partial charge on any atom is 0.240 e. The Morgan fingerprint density at radius 1 is 1.30 bits per heavy atom. The summed E-state index contributed by atoms with van der Waals surface area (Å²) in [5.41, 5.74) is 0. The lowest BCUT2D eigenvalue weighted by Crippen LogP contribution is -2.50. The first-order valence-corrected chi connectivity index (χ1v) is 9.30. The number of ether oxygens (including phenoxy) is 1. The van der Waals surface area contributed by atoms with Gasteiger partial charge >= 0.3 is 0 Å². The average Bonchev–Trinajstić information content (AvgIpc) is 3.32. The van der Waals surface area contributed by atoms with Crippen LogP contribution in [0.3, 0.4) is 0 Å². The summed E-state index contributed by atoms with van der Waals surface area (Å²) >= 11 is 0. The van der Waals surface area contributed by atoms with Crippen molar-refractivity contribution in [3.63, 3.8) is 0 Å². The summed E-state index contributed by atoms with van der Waals surface area (Å²) in [5.74, 6) is 2.19. The Morgan fingerprint density at radius 3 is 2.63 bits per heavy atom. The largest absolute Gasteiger partial charge is 0.371 e. The van der Waals surface area contributed by atoms with Crippen LogP contribution in [0.5, 0.6) is 0 Å². The van der Waals surface area contributed by atoms with E-state index in [1.165, 1.54) is 12.8 Å². The molecule has 0 bridgehead atoms. The molecular weight excluding hydrogens is 393 g/mol. The summed E-state index contributed by atoms with van der Waals surface area (Å²) in [6, 6.07) is 0. The number of rotatable bonds is 9. The highest BCUT2D eigenvalue weighted by Crippen LogP contribution is 2.27. The Morgan fingerprint density at radius 2 is 2.00 bits per heavy atom. The first-order chi connectivity index (χ1) is 12.2. The van der Waals surface area contributed by atoms with E-state index in [2.05, 4.69) is 20.4 Å². The van der Waals surface area contributed by atoms with Gasteiger partial charge in [-0.2, -0.15) is 4.98 Å². The van der Waals surface area contributed by atoms with Gasteiger partial charge in [0.15, 0.2) is 5.82 Å². The van der Waals surface area contributed by atoms with Gasteiger partial charge in [0.1, 0.15) is 6.10 Å². The number of amides is 1. The van der Waals surface area contributed by atoms with Crippen molar-refractivity contribution in [2.45, 2.75) is 39.3 Å². The zero-order valence-corrected chi connectivity index (χ0v) is 17.7. The second-order valence-corrected chi connectivity index (χ2v) is 6.88. The lowest BCUT2D eigenvalue weighted by Gasteiger charge is -2.34. The van der Waals surface area contributed by atoms with Crippen molar-refractivity contribution in [1.82, 2.24) is 25.3 Å². The van der Waals surface area contributed by atoms with Crippen molar-refractivity contribution in [3.05, 3.63) is 11.7 Å². The van der Waals surface area contributed by atoms with Crippen LogP contribution in [0.1, 0.15) is 44.5 Å². The van der Waals surface area contributed by atoms with Gasteiger partial charge in [-0.1, -0.05) is 5.16 Å². The summed E-state index contributed by atoms with van der Waals surface area (Å²) in [5, 5.41) is 7.25. The van der Waals surface area contributed by atoms with Crippen LogP contribution in [-0.2, 0) is 16.1 Å². The van der Waals surface area contributed by atoms with Gasteiger partial charge in [0, 0.05) is 32.8 Å². The molecule has 0 spiro atoms. The van der Waals surface area contributed by atoms with Crippen LogP contribution in [0.25, 0.3) is 0 Å². The highest BCUT2D eigenvalue weighted by Gasteiger charge is 2.24. The molecule has 1 aliphatic carbocycles. The van der Waals surface area contributed by atoms with Crippen LogP contribution in [0.4, 0.5) is 0 Å². The Bertz CT molecular complexity index is 563. The molecule has 10 heteroatoms. The van der Waals surface area contributed by atoms with Crippen molar-refractivity contribution in [3.8, 4) is 0 Å². The summed E-state index contributed by atoms with van der Waals surface area (Å²) in [7, 11) is 0. The first kappa shape index (κ1) is 24.1. The van der Waals surface area contributed by atoms with Crippen LogP contribution in [0.15, 0.2) is 4.52 Å². The van der Waals surface area contributed by atoms with E-state index in [0.717, 1.165) is 38.6 Å². The predicted molar refractivity (Wildman–Crippen MR) is 106 cm³/mol. The Labute approximate surface area is 173 Å².